The highest BCUT2D eigenvalue weighted by molar-refractivity contribution is 7.21. The topological polar surface area (TPSA) is 3.24 Å². The van der Waals surface area contributed by atoms with Crippen molar-refractivity contribution in [1.29, 1.82) is 0 Å². The standard InChI is InChI=1S/C64H44BNSi/c1-6-23-45(24-7-1)52-35-22-36-55-62-60(46-25-8-2-9-26-46)53-33-16-17-34-54(53)61(47-27-10-3-11-28-47)64(62)65(63(52)55)48-41-43-49(44-42-48)66-56-37-18-20-39-58(56)67(50-29-12-4-13-30-50,51-31-14-5-15-32-51)59-40-21-19-38-57(59)66/h1-44H. The minimum Gasteiger partial charge on any atom is -0.311 e. The molecular formula is C64H44BNSi. The molecule has 1 nitrogen and oxygen atoms in total. The first-order chi connectivity index (χ1) is 33.3. The third-order valence-corrected chi connectivity index (χ3v) is 19.3. The van der Waals surface area contributed by atoms with Gasteiger partial charge in [-0.3, -0.25) is 0 Å². The molecule has 0 spiro atoms. The van der Waals surface area contributed by atoms with Crippen LogP contribution in [0.25, 0.3) is 55.3 Å². The highest BCUT2D eigenvalue weighted by atomic mass is 28.3. The Kier molecular flexibility index (Phi) is 9.37. The summed E-state index contributed by atoms with van der Waals surface area (Å²) in [6.45, 7) is -0.0464. The zero-order valence-electron chi connectivity index (χ0n) is 36.9. The molecule has 0 radical (unpaired) electrons. The van der Waals surface area contributed by atoms with E-state index in [-0.39, 0.29) is 6.71 Å². The molecule has 0 N–H and O–H groups in total. The van der Waals surface area contributed by atoms with Crippen LogP contribution in [0.2, 0.25) is 0 Å². The van der Waals surface area contributed by atoms with E-state index in [0.717, 1.165) is 5.69 Å². The molecule has 2 aliphatic rings. The average molecular weight is 866 g/mol. The van der Waals surface area contributed by atoms with Gasteiger partial charge in [-0.05, 0) is 100 Å². The van der Waals surface area contributed by atoms with Crippen molar-refractivity contribution in [3.8, 4) is 44.5 Å². The Morgan fingerprint density at radius 1 is 0.299 bits per heavy atom. The van der Waals surface area contributed by atoms with Crippen molar-refractivity contribution in [2.45, 2.75) is 0 Å². The number of benzene rings is 11. The van der Waals surface area contributed by atoms with Gasteiger partial charge in [-0.25, -0.2) is 0 Å². The molecule has 0 amide bonds. The monoisotopic (exact) mass is 865 g/mol. The maximum absolute atomic E-state index is 2.74. The zero-order valence-corrected chi connectivity index (χ0v) is 37.9. The predicted octanol–water partition coefficient (Wildman–Crippen LogP) is 11.5. The summed E-state index contributed by atoms with van der Waals surface area (Å²) in [6, 6.07) is 99.7. The fraction of sp³-hybridized carbons (Fsp3) is 0. The highest BCUT2D eigenvalue weighted by Gasteiger charge is 2.49. The Morgan fingerprint density at radius 2 is 0.731 bits per heavy atom. The van der Waals surface area contributed by atoms with Crippen LogP contribution in [0, 0.1) is 0 Å². The molecule has 11 aromatic carbocycles. The Morgan fingerprint density at radius 3 is 1.28 bits per heavy atom. The molecule has 2 heterocycles. The maximum atomic E-state index is 2.52. The van der Waals surface area contributed by atoms with Gasteiger partial charge in [0.15, 0.2) is 8.07 Å². The van der Waals surface area contributed by atoms with Gasteiger partial charge in [0, 0.05) is 17.1 Å². The average Bonchev–Trinajstić information content (AvgIpc) is 3.75. The number of hydrogen-bond acceptors (Lipinski definition) is 1. The van der Waals surface area contributed by atoms with Crippen LogP contribution in [0.1, 0.15) is 0 Å². The molecule has 312 valence electrons. The van der Waals surface area contributed by atoms with E-state index in [1.54, 1.807) is 0 Å². The van der Waals surface area contributed by atoms with Gasteiger partial charge in [-0.15, -0.1) is 0 Å². The largest absolute Gasteiger partial charge is 0.311 e. The molecule has 0 unspecified atom stereocenters. The van der Waals surface area contributed by atoms with E-state index < -0.39 is 8.07 Å². The Hall–Kier alpha value is -8.24. The van der Waals surface area contributed by atoms with Gasteiger partial charge in [-0.1, -0.05) is 259 Å². The van der Waals surface area contributed by atoms with E-state index in [4.69, 9.17) is 0 Å². The van der Waals surface area contributed by atoms with E-state index in [1.165, 1.54) is 104 Å². The number of fused-ring (bicyclic) bond motifs is 6. The smallest absolute Gasteiger partial charge is 0.244 e. The van der Waals surface area contributed by atoms with Crippen LogP contribution in [0.15, 0.2) is 267 Å². The number of hydrogen-bond donors (Lipinski definition) is 0. The lowest BCUT2D eigenvalue weighted by Gasteiger charge is -2.45. The van der Waals surface area contributed by atoms with E-state index in [1.807, 2.05) is 0 Å². The third kappa shape index (κ3) is 6.02. The summed E-state index contributed by atoms with van der Waals surface area (Å²) in [5.41, 5.74) is 17.8. The van der Waals surface area contributed by atoms with E-state index >= 15 is 0 Å². The van der Waals surface area contributed by atoms with Gasteiger partial charge in [0.1, 0.15) is 0 Å². The van der Waals surface area contributed by atoms with Crippen LogP contribution in [-0.2, 0) is 0 Å². The normalized spacial score (nSPS) is 13.1. The van der Waals surface area contributed by atoms with E-state index in [0.29, 0.717) is 0 Å². The fourth-order valence-corrected chi connectivity index (χ4v) is 16.9. The first-order valence-corrected chi connectivity index (χ1v) is 25.4. The summed E-state index contributed by atoms with van der Waals surface area (Å²) in [4.78, 5) is 2.52. The molecule has 11 aromatic rings. The Labute approximate surface area is 394 Å². The second-order valence-corrected chi connectivity index (χ2v) is 21.6. The molecule has 0 fully saturated rings. The minimum absolute atomic E-state index is 0.0464. The van der Waals surface area contributed by atoms with Crippen LogP contribution in [0.3, 0.4) is 0 Å². The fourth-order valence-electron chi connectivity index (χ4n) is 11.8. The molecule has 3 heteroatoms. The molecule has 0 saturated heterocycles. The molecule has 0 bridgehead atoms. The number of nitrogens with zero attached hydrogens (tertiary/aromatic N) is 1. The van der Waals surface area contributed by atoms with Gasteiger partial charge in [0.2, 0.25) is 6.71 Å². The van der Waals surface area contributed by atoms with Crippen molar-refractivity contribution in [2.24, 2.45) is 0 Å². The van der Waals surface area contributed by atoms with Crippen LogP contribution >= 0.6 is 0 Å². The quantitative estimate of drug-likeness (QED) is 0.144. The third-order valence-electron chi connectivity index (χ3n) is 14.4. The van der Waals surface area contributed by atoms with Crippen molar-refractivity contribution in [2.75, 3.05) is 4.90 Å². The second kappa shape index (κ2) is 16.0. The number of anilines is 3. The van der Waals surface area contributed by atoms with Gasteiger partial charge in [0.25, 0.3) is 0 Å². The first kappa shape index (κ1) is 39.2. The van der Waals surface area contributed by atoms with Gasteiger partial charge >= 0.3 is 0 Å². The van der Waals surface area contributed by atoms with Crippen LogP contribution in [-0.4, -0.2) is 14.8 Å². The summed E-state index contributed by atoms with van der Waals surface area (Å²) in [5.74, 6) is 0. The van der Waals surface area contributed by atoms with Gasteiger partial charge < -0.3 is 4.90 Å². The van der Waals surface area contributed by atoms with Crippen molar-refractivity contribution in [3.63, 3.8) is 0 Å². The lowest BCUT2D eigenvalue weighted by atomic mass is 9.37. The van der Waals surface area contributed by atoms with E-state index in [9.17, 15) is 0 Å². The molecule has 0 atom stereocenters. The molecule has 2 aliphatic heterocycles. The molecule has 13 rings (SSSR count). The van der Waals surface area contributed by atoms with Crippen molar-refractivity contribution in [3.05, 3.63) is 267 Å². The Balaban J connectivity index is 1.07. The molecule has 0 saturated carbocycles. The maximum Gasteiger partial charge on any atom is 0.244 e. The van der Waals surface area contributed by atoms with Crippen molar-refractivity contribution < 1.29 is 0 Å². The predicted molar refractivity (Wildman–Crippen MR) is 289 cm³/mol. The summed E-state index contributed by atoms with van der Waals surface area (Å²) in [7, 11) is -2.74. The summed E-state index contributed by atoms with van der Waals surface area (Å²) in [5, 5.41) is 8.11. The van der Waals surface area contributed by atoms with Crippen LogP contribution < -0.4 is 42.0 Å². The van der Waals surface area contributed by atoms with Gasteiger partial charge in [0.05, 0.1) is 0 Å². The summed E-state index contributed by atoms with van der Waals surface area (Å²) < 4.78 is 0. The number of para-hydroxylation sites is 2. The molecule has 67 heavy (non-hydrogen) atoms. The lowest BCUT2D eigenvalue weighted by Crippen LogP contribution is -2.77. The first-order valence-electron chi connectivity index (χ1n) is 23.4. The molecular weight excluding hydrogens is 822 g/mol. The minimum atomic E-state index is -2.74. The van der Waals surface area contributed by atoms with Crippen LogP contribution in [0.4, 0.5) is 17.1 Å². The second-order valence-electron chi connectivity index (χ2n) is 17.8. The molecule has 0 aliphatic carbocycles. The highest BCUT2D eigenvalue weighted by Crippen LogP contribution is 2.45. The van der Waals surface area contributed by atoms with E-state index in [2.05, 4.69) is 272 Å². The molecule has 0 aromatic heterocycles. The lowest BCUT2D eigenvalue weighted by molar-refractivity contribution is 1.29. The zero-order chi connectivity index (χ0) is 44.3. The van der Waals surface area contributed by atoms with Crippen molar-refractivity contribution >= 4 is 79.8 Å². The summed E-state index contributed by atoms with van der Waals surface area (Å²) >= 11 is 0. The SMILES string of the molecule is c1ccc(-c2cccc3c2B(c2ccc(N4c5ccccc5[Si](c5ccccc5)(c5ccccc5)c5ccccc54)cc2)c2c-3c(-c3ccccc3)c3ccccc3c2-c2ccccc2)cc1. The van der Waals surface area contributed by atoms with Crippen LogP contribution in [0.5, 0.6) is 0 Å². The van der Waals surface area contributed by atoms with Gasteiger partial charge in [-0.2, -0.15) is 0 Å². The summed E-state index contributed by atoms with van der Waals surface area (Å²) in [6.07, 6.45) is 0. The Bertz CT molecular complexity index is 3530. The number of rotatable bonds is 7. The van der Waals surface area contributed by atoms with Crippen molar-refractivity contribution in [1.82, 2.24) is 0 Å².